The number of hydrogen-bond acceptors (Lipinski definition) is 4. The Morgan fingerprint density at radius 1 is 1.00 bits per heavy atom. The number of rotatable bonds is 7. The lowest BCUT2D eigenvalue weighted by Crippen LogP contribution is -2.20. The highest BCUT2D eigenvalue weighted by molar-refractivity contribution is 5.82. The van der Waals surface area contributed by atoms with Crippen LogP contribution in [-0.2, 0) is 0 Å². The van der Waals surface area contributed by atoms with Crippen LogP contribution in [0.4, 0.5) is 0 Å². The average Bonchev–Trinajstić information content (AvgIpc) is 2.79. The van der Waals surface area contributed by atoms with Gasteiger partial charge in [0, 0.05) is 5.56 Å². The molecule has 0 saturated heterocycles. The highest BCUT2D eigenvalue weighted by atomic mass is 16.5. The van der Waals surface area contributed by atoms with Gasteiger partial charge in [-0.2, -0.15) is 9.78 Å². The summed E-state index contributed by atoms with van der Waals surface area (Å²) in [5, 5.41) is 5.01. The van der Waals surface area contributed by atoms with Gasteiger partial charge in [0.25, 0.3) is 5.56 Å². The van der Waals surface area contributed by atoms with Crippen molar-refractivity contribution >= 4 is 17.1 Å². The maximum atomic E-state index is 13.2. The number of aromatic nitrogens is 2. The molecule has 3 aromatic carbocycles. The Balaban J connectivity index is 1.77. The third kappa shape index (κ3) is 4.20. The topological polar surface area (TPSA) is 56.5 Å². The van der Waals surface area contributed by atoms with Crippen molar-refractivity contribution in [3.8, 4) is 17.1 Å². The third-order valence-electron chi connectivity index (χ3n) is 4.56. The van der Waals surface area contributed by atoms with Gasteiger partial charge in [0.05, 0.1) is 23.7 Å². The zero-order valence-electron chi connectivity index (χ0n) is 16.4. The van der Waals surface area contributed by atoms with Crippen LogP contribution in [0.3, 0.4) is 0 Å². The molecule has 0 fully saturated rings. The van der Waals surface area contributed by atoms with Crippen molar-refractivity contribution in [3.05, 3.63) is 107 Å². The smallest absolute Gasteiger partial charge is 0.282 e. The molecule has 0 N–H and O–H groups in total. The van der Waals surface area contributed by atoms with Crippen molar-refractivity contribution in [2.45, 2.75) is 6.42 Å². The molecule has 30 heavy (non-hydrogen) atoms. The second kappa shape index (κ2) is 9.01. The monoisotopic (exact) mass is 395 g/mol. The molecular weight excluding hydrogens is 374 g/mol. The van der Waals surface area contributed by atoms with E-state index in [0.29, 0.717) is 23.3 Å². The number of para-hydroxylation sites is 1. The minimum atomic E-state index is -0.214. The summed E-state index contributed by atoms with van der Waals surface area (Å²) < 4.78 is 7.05. The van der Waals surface area contributed by atoms with E-state index in [1.54, 1.807) is 12.3 Å². The highest BCUT2D eigenvalue weighted by Crippen LogP contribution is 2.19. The first-order chi connectivity index (χ1) is 14.8. The molecule has 0 spiro atoms. The number of benzene rings is 3. The molecule has 0 bridgehead atoms. The molecule has 0 aliphatic carbocycles. The molecule has 5 heteroatoms. The van der Waals surface area contributed by atoms with Crippen molar-refractivity contribution in [1.29, 1.82) is 0 Å². The summed E-state index contributed by atoms with van der Waals surface area (Å²) in [6.07, 6.45) is 4.23. The fraction of sp³-hybridized carbons (Fsp3) is 0.0800. The van der Waals surface area contributed by atoms with Crippen LogP contribution in [0, 0.1) is 0 Å². The maximum absolute atomic E-state index is 13.2. The van der Waals surface area contributed by atoms with E-state index in [2.05, 4.69) is 11.7 Å². The van der Waals surface area contributed by atoms with Crippen molar-refractivity contribution in [1.82, 2.24) is 9.66 Å². The summed E-state index contributed by atoms with van der Waals surface area (Å²) in [6, 6.07) is 24.4. The molecule has 0 aliphatic rings. The van der Waals surface area contributed by atoms with Crippen LogP contribution >= 0.6 is 0 Å². The van der Waals surface area contributed by atoms with Gasteiger partial charge >= 0.3 is 0 Å². The molecule has 0 radical (unpaired) electrons. The minimum Gasteiger partial charge on any atom is -0.493 e. The van der Waals surface area contributed by atoms with Crippen LogP contribution in [0.15, 0.2) is 101 Å². The van der Waals surface area contributed by atoms with E-state index < -0.39 is 0 Å². The zero-order chi connectivity index (χ0) is 20.8. The number of nitrogens with zero attached hydrogens (tertiary/aromatic N) is 3. The van der Waals surface area contributed by atoms with E-state index in [4.69, 9.17) is 9.72 Å². The molecule has 148 valence electrons. The van der Waals surface area contributed by atoms with Gasteiger partial charge < -0.3 is 4.74 Å². The number of hydrogen-bond donors (Lipinski definition) is 0. The van der Waals surface area contributed by atoms with Crippen LogP contribution in [0.1, 0.15) is 12.0 Å². The molecule has 0 saturated carbocycles. The molecule has 0 atom stereocenters. The highest BCUT2D eigenvalue weighted by Gasteiger charge is 2.11. The van der Waals surface area contributed by atoms with E-state index in [1.165, 1.54) is 4.68 Å². The lowest BCUT2D eigenvalue weighted by Gasteiger charge is -2.09. The van der Waals surface area contributed by atoms with Crippen LogP contribution < -0.4 is 10.3 Å². The molecule has 4 aromatic rings. The minimum absolute atomic E-state index is 0.214. The number of fused-ring (bicyclic) bond motifs is 1. The average molecular weight is 395 g/mol. The largest absolute Gasteiger partial charge is 0.493 e. The Labute approximate surface area is 174 Å². The van der Waals surface area contributed by atoms with Gasteiger partial charge in [-0.15, -0.1) is 6.58 Å². The molecule has 5 nitrogen and oxygen atoms in total. The van der Waals surface area contributed by atoms with E-state index in [-0.39, 0.29) is 5.56 Å². The van der Waals surface area contributed by atoms with Crippen LogP contribution in [0.5, 0.6) is 5.75 Å². The van der Waals surface area contributed by atoms with E-state index in [0.717, 1.165) is 23.3 Å². The van der Waals surface area contributed by atoms with Crippen LogP contribution in [0.2, 0.25) is 0 Å². The van der Waals surface area contributed by atoms with Crippen LogP contribution in [-0.4, -0.2) is 22.5 Å². The van der Waals surface area contributed by atoms with Gasteiger partial charge in [-0.25, -0.2) is 4.98 Å². The van der Waals surface area contributed by atoms with Crippen LogP contribution in [0.25, 0.3) is 22.3 Å². The Kier molecular flexibility index (Phi) is 5.80. The first-order valence-electron chi connectivity index (χ1n) is 9.71. The Bertz CT molecular complexity index is 1260. The Morgan fingerprint density at radius 2 is 1.80 bits per heavy atom. The van der Waals surface area contributed by atoms with Gasteiger partial charge in [0.2, 0.25) is 0 Å². The summed E-state index contributed by atoms with van der Waals surface area (Å²) >= 11 is 0. The van der Waals surface area contributed by atoms with Gasteiger partial charge in [-0.05, 0) is 36.2 Å². The first-order valence-corrected chi connectivity index (χ1v) is 9.71. The summed E-state index contributed by atoms with van der Waals surface area (Å²) in [7, 11) is 0. The molecule has 0 unspecified atom stereocenters. The van der Waals surface area contributed by atoms with Crippen molar-refractivity contribution in [2.75, 3.05) is 6.61 Å². The quantitative estimate of drug-likeness (QED) is 0.254. The SMILES string of the molecule is C=CCCOc1cccc(/C=N/n2c(-c3ccccc3)nc3ccccc3c2=O)c1. The van der Waals surface area contributed by atoms with E-state index in [9.17, 15) is 4.79 Å². The molecular formula is C25H21N3O2. The second-order valence-electron chi connectivity index (χ2n) is 6.68. The summed E-state index contributed by atoms with van der Waals surface area (Å²) in [4.78, 5) is 17.9. The van der Waals surface area contributed by atoms with Gasteiger partial charge in [0.1, 0.15) is 5.75 Å². The second-order valence-corrected chi connectivity index (χ2v) is 6.68. The Hall–Kier alpha value is -3.99. The van der Waals surface area contributed by atoms with Crippen molar-refractivity contribution in [3.63, 3.8) is 0 Å². The fourth-order valence-corrected chi connectivity index (χ4v) is 3.07. The van der Waals surface area contributed by atoms with E-state index in [1.807, 2.05) is 78.9 Å². The summed E-state index contributed by atoms with van der Waals surface area (Å²) in [6.45, 7) is 4.26. The fourth-order valence-electron chi connectivity index (χ4n) is 3.07. The Morgan fingerprint density at radius 3 is 2.63 bits per heavy atom. The van der Waals surface area contributed by atoms with Crippen molar-refractivity contribution < 1.29 is 4.74 Å². The first kappa shape index (κ1) is 19.3. The van der Waals surface area contributed by atoms with Gasteiger partial charge in [-0.1, -0.05) is 60.7 Å². The van der Waals surface area contributed by atoms with E-state index >= 15 is 0 Å². The lowest BCUT2D eigenvalue weighted by molar-refractivity contribution is 0.325. The number of ether oxygens (including phenoxy) is 1. The summed E-state index contributed by atoms with van der Waals surface area (Å²) in [5.41, 5.74) is 2.07. The summed E-state index contributed by atoms with van der Waals surface area (Å²) in [5.74, 6) is 1.24. The standard InChI is InChI=1S/C25H21N3O2/c1-2-3-16-30-21-13-9-10-19(17-21)18-26-28-24(20-11-5-4-6-12-20)27-23-15-8-7-14-22(23)25(28)29/h2,4-15,17-18H,1,3,16H2/b26-18+. The molecule has 0 amide bonds. The predicted octanol–water partition coefficient (Wildman–Crippen LogP) is 4.90. The van der Waals surface area contributed by atoms with Crippen molar-refractivity contribution in [2.24, 2.45) is 5.10 Å². The molecule has 1 heterocycles. The van der Waals surface area contributed by atoms with Gasteiger partial charge in [0.15, 0.2) is 5.82 Å². The molecule has 1 aromatic heterocycles. The lowest BCUT2D eigenvalue weighted by atomic mass is 10.2. The zero-order valence-corrected chi connectivity index (χ0v) is 16.4. The van der Waals surface area contributed by atoms with Gasteiger partial charge in [-0.3, -0.25) is 4.79 Å². The molecule has 4 rings (SSSR count). The predicted molar refractivity (Wildman–Crippen MR) is 121 cm³/mol. The maximum Gasteiger partial charge on any atom is 0.282 e. The third-order valence-corrected chi connectivity index (χ3v) is 4.56. The normalized spacial score (nSPS) is 11.1. The molecule has 0 aliphatic heterocycles.